The van der Waals surface area contributed by atoms with Crippen LogP contribution in [0.1, 0.15) is 10.4 Å². The van der Waals surface area contributed by atoms with Gasteiger partial charge in [0.2, 0.25) is 5.91 Å². The molecule has 1 heterocycles. The number of nitrogens with two attached hydrogens (primary N) is 2. The molecule has 1 aromatic carbocycles. The molecule has 104 valence electrons. The van der Waals surface area contributed by atoms with E-state index >= 15 is 0 Å². The van der Waals surface area contributed by atoms with Crippen LogP contribution in [0.2, 0.25) is 0 Å². The van der Waals surface area contributed by atoms with Crippen molar-refractivity contribution in [3.63, 3.8) is 0 Å². The summed E-state index contributed by atoms with van der Waals surface area (Å²) in [5.41, 5.74) is 11.3. The molecule has 1 aromatic heterocycles. The summed E-state index contributed by atoms with van der Waals surface area (Å²) >= 11 is 0. The van der Waals surface area contributed by atoms with Crippen LogP contribution in [0.25, 0.3) is 0 Å². The lowest BCUT2D eigenvalue weighted by Crippen LogP contribution is -2.20. The Balaban J connectivity index is 2.03. The molecule has 5 N–H and O–H groups in total. The zero-order chi connectivity index (χ0) is 14.7. The van der Waals surface area contributed by atoms with Gasteiger partial charge in [-0.2, -0.15) is 5.10 Å². The Morgan fingerprint density at radius 3 is 2.75 bits per heavy atom. The number of aromatic nitrogens is 2. The molecule has 0 aliphatic heterocycles. The number of anilines is 2. The Kier molecular flexibility index (Phi) is 3.65. The number of halogens is 1. The number of nitrogens with zero attached hydrogens (tertiary/aromatic N) is 2. The van der Waals surface area contributed by atoms with E-state index in [-0.39, 0.29) is 17.8 Å². The average Bonchev–Trinajstić information content (AvgIpc) is 2.81. The number of carbonyl (C=O) groups is 2. The molecule has 0 spiro atoms. The van der Waals surface area contributed by atoms with Crippen LogP contribution < -0.4 is 16.8 Å². The number of rotatable bonds is 4. The summed E-state index contributed by atoms with van der Waals surface area (Å²) in [5, 5.41) is 6.34. The topological polar surface area (TPSA) is 116 Å². The van der Waals surface area contributed by atoms with E-state index in [2.05, 4.69) is 10.4 Å². The van der Waals surface area contributed by atoms with E-state index in [9.17, 15) is 14.0 Å². The third-order valence-corrected chi connectivity index (χ3v) is 2.51. The summed E-state index contributed by atoms with van der Waals surface area (Å²) in [6.07, 6.45) is 2.62. The van der Waals surface area contributed by atoms with E-state index in [1.807, 2.05) is 0 Å². The van der Waals surface area contributed by atoms with Gasteiger partial charge in [-0.05, 0) is 18.2 Å². The highest BCUT2D eigenvalue weighted by Crippen LogP contribution is 2.18. The Hall–Kier alpha value is -2.90. The fourth-order valence-corrected chi connectivity index (χ4v) is 1.56. The second kappa shape index (κ2) is 5.39. The zero-order valence-electron chi connectivity index (χ0n) is 10.3. The fourth-order valence-electron chi connectivity index (χ4n) is 1.56. The lowest BCUT2D eigenvalue weighted by molar-refractivity contribution is -0.116. The molecule has 0 fully saturated rings. The molecule has 0 saturated carbocycles. The highest BCUT2D eigenvalue weighted by molar-refractivity contribution is 5.94. The number of hydrogen-bond donors (Lipinski definition) is 3. The molecule has 2 amide bonds. The van der Waals surface area contributed by atoms with E-state index in [0.29, 0.717) is 5.69 Å². The Morgan fingerprint density at radius 2 is 2.15 bits per heavy atom. The number of benzene rings is 1. The predicted octanol–water partition coefficient (Wildman–Crippen LogP) is 0.342. The number of carbonyl (C=O) groups excluding carboxylic acids is 2. The number of primary amides is 1. The van der Waals surface area contributed by atoms with Crippen LogP contribution in [0.15, 0.2) is 30.6 Å². The second-order valence-corrected chi connectivity index (χ2v) is 4.07. The second-order valence-electron chi connectivity index (χ2n) is 4.07. The van der Waals surface area contributed by atoms with Crippen LogP contribution in [0.5, 0.6) is 0 Å². The Bertz CT molecular complexity index is 668. The third-order valence-electron chi connectivity index (χ3n) is 2.51. The van der Waals surface area contributed by atoms with Gasteiger partial charge in [0.05, 0.1) is 23.1 Å². The maximum absolute atomic E-state index is 12.9. The van der Waals surface area contributed by atoms with Crippen molar-refractivity contribution in [1.82, 2.24) is 9.78 Å². The third kappa shape index (κ3) is 3.10. The van der Waals surface area contributed by atoms with Crippen LogP contribution in [-0.2, 0) is 11.3 Å². The van der Waals surface area contributed by atoms with Crippen molar-refractivity contribution in [2.75, 3.05) is 11.1 Å². The normalized spacial score (nSPS) is 10.2. The highest BCUT2D eigenvalue weighted by atomic mass is 19.1. The lowest BCUT2D eigenvalue weighted by Gasteiger charge is -2.08. The number of amides is 2. The van der Waals surface area contributed by atoms with Crippen molar-refractivity contribution < 1.29 is 14.0 Å². The van der Waals surface area contributed by atoms with Crippen LogP contribution in [0.4, 0.5) is 15.8 Å². The van der Waals surface area contributed by atoms with Crippen LogP contribution in [-0.4, -0.2) is 21.6 Å². The molecule has 0 atom stereocenters. The number of nitrogens with one attached hydrogen (secondary N) is 1. The molecule has 7 nitrogen and oxygen atoms in total. The first-order valence-electron chi connectivity index (χ1n) is 5.63. The minimum absolute atomic E-state index is 0.121. The summed E-state index contributed by atoms with van der Waals surface area (Å²) in [6, 6.07) is 3.65. The Morgan fingerprint density at radius 1 is 1.40 bits per heavy atom. The van der Waals surface area contributed by atoms with Gasteiger partial charge in [0.15, 0.2) is 0 Å². The molecule has 20 heavy (non-hydrogen) atoms. The van der Waals surface area contributed by atoms with Gasteiger partial charge in [0.1, 0.15) is 12.4 Å². The van der Waals surface area contributed by atoms with Crippen LogP contribution in [0.3, 0.4) is 0 Å². The first-order valence-corrected chi connectivity index (χ1v) is 5.63. The molecule has 0 unspecified atom stereocenters. The molecular formula is C12H12FN5O2. The molecule has 0 saturated heterocycles. The first-order chi connectivity index (χ1) is 9.45. The zero-order valence-corrected chi connectivity index (χ0v) is 10.3. The average molecular weight is 277 g/mol. The van der Waals surface area contributed by atoms with Gasteiger partial charge in [-0.25, -0.2) is 4.39 Å². The Labute approximate surface area is 113 Å². The van der Waals surface area contributed by atoms with Crippen molar-refractivity contribution in [3.05, 3.63) is 42.0 Å². The summed E-state index contributed by atoms with van der Waals surface area (Å²) in [5.74, 6) is -1.53. The molecule has 0 aliphatic rings. The molecule has 0 bridgehead atoms. The van der Waals surface area contributed by atoms with Gasteiger partial charge < -0.3 is 16.8 Å². The summed E-state index contributed by atoms with van der Waals surface area (Å²) in [6.45, 7) is -0.121. The van der Waals surface area contributed by atoms with Crippen molar-refractivity contribution >= 4 is 23.2 Å². The predicted molar refractivity (Wildman–Crippen MR) is 70.2 cm³/mol. The van der Waals surface area contributed by atoms with Crippen molar-refractivity contribution in [2.45, 2.75) is 6.54 Å². The van der Waals surface area contributed by atoms with E-state index in [1.165, 1.54) is 29.2 Å². The molecule has 2 aromatic rings. The SMILES string of the molecule is NC(=O)c1cnn(CC(=O)Nc2ccc(F)cc2N)c1. The number of hydrogen-bond acceptors (Lipinski definition) is 4. The first kappa shape index (κ1) is 13.5. The quantitative estimate of drug-likeness (QED) is 0.699. The van der Waals surface area contributed by atoms with Gasteiger partial charge in [-0.1, -0.05) is 0 Å². The summed E-state index contributed by atoms with van der Waals surface area (Å²) < 4.78 is 14.1. The van der Waals surface area contributed by atoms with E-state index < -0.39 is 17.6 Å². The molecule has 8 heteroatoms. The maximum Gasteiger partial charge on any atom is 0.251 e. The fraction of sp³-hybridized carbons (Fsp3) is 0.0833. The monoisotopic (exact) mass is 277 g/mol. The van der Waals surface area contributed by atoms with Crippen LogP contribution in [0, 0.1) is 5.82 Å². The van der Waals surface area contributed by atoms with Gasteiger partial charge in [-0.3, -0.25) is 14.3 Å². The van der Waals surface area contributed by atoms with E-state index in [1.54, 1.807) is 0 Å². The minimum Gasteiger partial charge on any atom is -0.397 e. The molecule has 0 radical (unpaired) electrons. The maximum atomic E-state index is 12.9. The molecule has 0 aliphatic carbocycles. The van der Waals surface area contributed by atoms with Gasteiger partial charge in [-0.15, -0.1) is 0 Å². The summed E-state index contributed by atoms with van der Waals surface area (Å²) in [7, 11) is 0. The van der Waals surface area contributed by atoms with Gasteiger partial charge in [0.25, 0.3) is 5.91 Å². The van der Waals surface area contributed by atoms with E-state index in [0.717, 1.165) is 6.07 Å². The van der Waals surface area contributed by atoms with Crippen LogP contribution >= 0.6 is 0 Å². The number of nitrogen functional groups attached to an aromatic ring is 1. The van der Waals surface area contributed by atoms with Gasteiger partial charge in [0, 0.05) is 6.20 Å². The smallest absolute Gasteiger partial charge is 0.251 e. The lowest BCUT2D eigenvalue weighted by atomic mass is 10.2. The highest BCUT2D eigenvalue weighted by Gasteiger charge is 2.09. The summed E-state index contributed by atoms with van der Waals surface area (Å²) in [4.78, 5) is 22.6. The van der Waals surface area contributed by atoms with Crippen molar-refractivity contribution in [3.8, 4) is 0 Å². The van der Waals surface area contributed by atoms with Crippen molar-refractivity contribution in [1.29, 1.82) is 0 Å². The van der Waals surface area contributed by atoms with Crippen molar-refractivity contribution in [2.24, 2.45) is 5.73 Å². The minimum atomic E-state index is -0.626. The van der Waals surface area contributed by atoms with E-state index in [4.69, 9.17) is 11.5 Å². The molecular weight excluding hydrogens is 265 g/mol. The standard InChI is InChI=1S/C12H12FN5O2/c13-8-1-2-10(9(14)3-8)17-11(19)6-18-5-7(4-16-18)12(15)20/h1-5H,6,14H2,(H2,15,20)(H,17,19). The van der Waals surface area contributed by atoms with Gasteiger partial charge >= 0.3 is 0 Å². The molecule has 2 rings (SSSR count). The largest absolute Gasteiger partial charge is 0.397 e.